The summed E-state index contributed by atoms with van der Waals surface area (Å²) in [5.74, 6) is 0.810. The highest BCUT2D eigenvalue weighted by Crippen LogP contribution is 2.32. The first kappa shape index (κ1) is 18.6. The monoisotopic (exact) mass is 386 g/mol. The van der Waals surface area contributed by atoms with Crippen molar-refractivity contribution in [1.82, 2.24) is 4.98 Å². The minimum absolute atomic E-state index is 0.00529. The van der Waals surface area contributed by atoms with Crippen LogP contribution in [0.4, 0.5) is 5.69 Å². The van der Waals surface area contributed by atoms with E-state index in [2.05, 4.69) is 16.4 Å². The summed E-state index contributed by atoms with van der Waals surface area (Å²) in [6, 6.07) is 11.6. The Balaban J connectivity index is 1.58. The Kier molecular flexibility index (Phi) is 6.06. The van der Waals surface area contributed by atoms with Crippen LogP contribution in [0.3, 0.4) is 0 Å². The number of nitrogens with zero attached hydrogens (tertiary/aromatic N) is 1. The highest BCUT2D eigenvalue weighted by molar-refractivity contribution is 7.15. The number of hydrogen-bond donors (Lipinski definition) is 1. The maximum absolute atomic E-state index is 12.3. The van der Waals surface area contributed by atoms with Gasteiger partial charge in [-0.15, -0.1) is 22.7 Å². The molecule has 2 heterocycles. The second-order valence-corrected chi connectivity index (χ2v) is 8.46. The Morgan fingerprint density at radius 2 is 2.00 bits per heavy atom. The van der Waals surface area contributed by atoms with Gasteiger partial charge in [0.1, 0.15) is 5.75 Å². The van der Waals surface area contributed by atoms with E-state index in [4.69, 9.17) is 4.74 Å². The van der Waals surface area contributed by atoms with E-state index < -0.39 is 0 Å². The van der Waals surface area contributed by atoms with Crippen LogP contribution in [-0.2, 0) is 11.2 Å². The van der Waals surface area contributed by atoms with Crippen LogP contribution in [0.15, 0.2) is 41.8 Å². The molecule has 0 atom stereocenters. The number of thiazole rings is 1. The topological polar surface area (TPSA) is 51.2 Å². The number of rotatable bonds is 7. The van der Waals surface area contributed by atoms with Crippen LogP contribution in [-0.4, -0.2) is 17.0 Å². The number of thiophene rings is 1. The van der Waals surface area contributed by atoms with Crippen LogP contribution in [0, 0.1) is 6.92 Å². The molecule has 6 heteroatoms. The van der Waals surface area contributed by atoms with Crippen LogP contribution in [0.2, 0.25) is 0 Å². The Morgan fingerprint density at radius 3 is 2.65 bits per heavy atom. The van der Waals surface area contributed by atoms with Gasteiger partial charge in [-0.2, -0.15) is 0 Å². The summed E-state index contributed by atoms with van der Waals surface area (Å²) in [5, 5.41) is 6.03. The molecular weight excluding hydrogens is 364 g/mol. The zero-order chi connectivity index (χ0) is 18.5. The van der Waals surface area contributed by atoms with Crippen molar-refractivity contribution in [3.63, 3.8) is 0 Å². The average Bonchev–Trinajstić information content (AvgIpc) is 3.23. The van der Waals surface area contributed by atoms with Crippen molar-refractivity contribution in [2.45, 2.75) is 39.7 Å². The summed E-state index contributed by atoms with van der Waals surface area (Å²) in [7, 11) is 0. The van der Waals surface area contributed by atoms with Crippen LogP contribution in [0.1, 0.15) is 30.2 Å². The highest BCUT2D eigenvalue weighted by Gasteiger charge is 2.14. The van der Waals surface area contributed by atoms with Crippen molar-refractivity contribution in [3.05, 3.63) is 51.7 Å². The summed E-state index contributed by atoms with van der Waals surface area (Å²) < 4.78 is 5.61. The van der Waals surface area contributed by atoms with Gasteiger partial charge in [-0.25, -0.2) is 4.98 Å². The molecule has 136 valence electrons. The first-order valence-corrected chi connectivity index (χ1v) is 10.3. The summed E-state index contributed by atoms with van der Waals surface area (Å²) >= 11 is 3.35. The lowest BCUT2D eigenvalue weighted by atomic mass is 10.2. The fourth-order valence-electron chi connectivity index (χ4n) is 2.58. The van der Waals surface area contributed by atoms with E-state index in [1.165, 1.54) is 4.88 Å². The molecular formula is C20H22N2O2S2. The molecule has 1 N–H and O–H groups in total. The molecule has 0 aliphatic heterocycles. The number of carbonyl (C=O) groups is 1. The molecule has 1 amide bonds. The third kappa shape index (κ3) is 4.93. The number of nitrogens with one attached hydrogen (secondary N) is 1. The van der Waals surface area contributed by atoms with E-state index in [0.717, 1.165) is 27.0 Å². The number of benzene rings is 1. The van der Waals surface area contributed by atoms with Gasteiger partial charge in [0, 0.05) is 17.0 Å². The number of aromatic nitrogens is 1. The Hall–Kier alpha value is -2.18. The van der Waals surface area contributed by atoms with Crippen molar-refractivity contribution in [2.75, 3.05) is 5.32 Å². The minimum atomic E-state index is 0.00529. The standard InChI is InChI=1S/C20H22N2O2S2/c1-13(2)24-16-8-6-15(7-9-16)22-19(23)11-10-18-20(21-14(3)26-18)17-5-4-12-25-17/h4-9,12-13H,10-11H2,1-3H3,(H,22,23). The van der Waals surface area contributed by atoms with Crippen molar-refractivity contribution in [1.29, 1.82) is 0 Å². The lowest BCUT2D eigenvalue weighted by Gasteiger charge is -2.10. The van der Waals surface area contributed by atoms with Crippen LogP contribution in [0.25, 0.3) is 10.6 Å². The molecule has 26 heavy (non-hydrogen) atoms. The molecule has 0 aliphatic carbocycles. The number of carbonyl (C=O) groups excluding carboxylic acids is 1. The second-order valence-electron chi connectivity index (χ2n) is 6.22. The van der Waals surface area contributed by atoms with Gasteiger partial charge in [-0.3, -0.25) is 4.79 Å². The largest absolute Gasteiger partial charge is 0.491 e. The Labute approximate surface area is 161 Å². The number of hydrogen-bond acceptors (Lipinski definition) is 5. The van der Waals surface area contributed by atoms with Crippen LogP contribution >= 0.6 is 22.7 Å². The molecule has 1 aromatic carbocycles. The molecule has 0 saturated heterocycles. The molecule has 0 aliphatic rings. The van der Waals surface area contributed by atoms with E-state index >= 15 is 0 Å². The smallest absolute Gasteiger partial charge is 0.224 e. The highest BCUT2D eigenvalue weighted by atomic mass is 32.1. The molecule has 3 rings (SSSR count). The number of anilines is 1. The van der Waals surface area contributed by atoms with Gasteiger partial charge in [-0.1, -0.05) is 6.07 Å². The SMILES string of the molecule is Cc1nc(-c2cccs2)c(CCC(=O)Nc2ccc(OC(C)C)cc2)s1. The predicted octanol–water partition coefficient (Wildman–Crippen LogP) is 5.54. The van der Waals surface area contributed by atoms with Crippen molar-refractivity contribution >= 4 is 34.3 Å². The average molecular weight is 387 g/mol. The summed E-state index contributed by atoms with van der Waals surface area (Å²) in [6.45, 7) is 5.98. The zero-order valence-electron chi connectivity index (χ0n) is 15.1. The lowest BCUT2D eigenvalue weighted by Crippen LogP contribution is -2.12. The predicted molar refractivity (Wildman–Crippen MR) is 109 cm³/mol. The fourth-order valence-corrected chi connectivity index (χ4v) is 4.34. The number of amides is 1. The summed E-state index contributed by atoms with van der Waals surface area (Å²) in [4.78, 5) is 19.3. The van der Waals surface area contributed by atoms with Crippen LogP contribution in [0.5, 0.6) is 5.75 Å². The van der Waals surface area contributed by atoms with Crippen LogP contribution < -0.4 is 10.1 Å². The Morgan fingerprint density at radius 1 is 1.23 bits per heavy atom. The van der Waals surface area contributed by atoms with Crippen molar-refractivity contribution in [3.8, 4) is 16.3 Å². The number of aryl methyl sites for hydroxylation is 2. The first-order valence-electron chi connectivity index (χ1n) is 8.58. The van der Waals surface area contributed by atoms with Crippen molar-refractivity contribution < 1.29 is 9.53 Å². The molecule has 0 radical (unpaired) electrons. The van der Waals surface area contributed by atoms with Gasteiger partial charge in [0.25, 0.3) is 0 Å². The normalized spacial score (nSPS) is 10.9. The third-order valence-electron chi connectivity index (χ3n) is 3.65. The van der Waals surface area contributed by atoms with E-state index in [1.807, 2.05) is 56.5 Å². The molecule has 2 aromatic heterocycles. The molecule has 0 spiro atoms. The van der Waals surface area contributed by atoms with E-state index in [9.17, 15) is 4.79 Å². The Bertz CT molecular complexity index is 853. The third-order valence-corrected chi connectivity index (χ3v) is 5.55. The van der Waals surface area contributed by atoms with Gasteiger partial charge in [0.2, 0.25) is 5.91 Å². The van der Waals surface area contributed by atoms with E-state index in [1.54, 1.807) is 22.7 Å². The maximum atomic E-state index is 12.3. The van der Waals surface area contributed by atoms with Crippen molar-refractivity contribution in [2.24, 2.45) is 0 Å². The summed E-state index contributed by atoms with van der Waals surface area (Å²) in [6.07, 6.45) is 1.26. The van der Waals surface area contributed by atoms with Gasteiger partial charge in [0.15, 0.2) is 0 Å². The molecule has 3 aromatic rings. The summed E-state index contributed by atoms with van der Waals surface area (Å²) in [5.41, 5.74) is 1.80. The van der Waals surface area contributed by atoms with E-state index in [0.29, 0.717) is 12.8 Å². The van der Waals surface area contributed by atoms with E-state index in [-0.39, 0.29) is 12.0 Å². The molecule has 0 fully saturated rings. The second kappa shape index (κ2) is 8.47. The number of ether oxygens (including phenoxy) is 1. The first-order chi connectivity index (χ1) is 12.5. The molecule has 4 nitrogen and oxygen atoms in total. The quantitative estimate of drug-likeness (QED) is 0.580. The molecule has 0 unspecified atom stereocenters. The molecule has 0 bridgehead atoms. The fraction of sp³-hybridized carbons (Fsp3) is 0.300. The van der Waals surface area contributed by atoms with Gasteiger partial charge < -0.3 is 10.1 Å². The molecule has 0 saturated carbocycles. The van der Waals surface area contributed by atoms with Gasteiger partial charge in [-0.05, 0) is 62.9 Å². The lowest BCUT2D eigenvalue weighted by molar-refractivity contribution is -0.116. The minimum Gasteiger partial charge on any atom is -0.491 e. The van der Waals surface area contributed by atoms with Gasteiger partial charge in [0.05, 0.1) is 21.7 Å². The maximum Gasteiger partial charge on any atom is 0.224 e. The van der Waals surface area contributed by atoms with Gasteiger partial charge >= 0.3 is 0 Å². The zero-order valence-corrected chi connectivity index (χ0v) is 16.7.